The maximum atomic E-state index is 13.1. The van der Waals surface area contributed by atoms with Crippen LogP contribution in [0.15, 0.2) is 65.9 Å². The smallest absolute Gasteiger partial charge is 0.338 e. The third kappa shape index (κ3) is 5.37. The molecule has 3 rings (SSSR count). The van der Waals surface area contributed by atoms with Gasteiger partial charge in [-0.15, -0.1) is 0 Å². The lowest BCUT2D eigenvalue weighted by molar-refractivity contribution is -0.140. The molecule has 32 heavy (non-hydrogen) atoms. The van der Waals surface area contributed by atoms with Crippen LogP contribution < -0.4 is 5.32 Å². The number of nitrogens with zero attached hydrogens (tertiary/aromatic N) is 1. The van der Waals surface area contributed by atoms with Crippen molar-refractivity contribution in [1.29, 1.82) is 0 Å². The van der Waals surface area contributed by atoms with Gasteiger partial charge < -0.3 is 14.8 Å². The number of carbonyl (C=O) groups excluding carboxylic acids is 2. The molecular formula is C26H32N2O4. The van der Waals surface area contributed by atoms with E-state index in [-0.39, 0.29) is 18.1 Å². The van der Waals surface area contributed by atoms with E-state index in [0.717, 1.165) is 11.1 Å². The van der Waals surface area contributed by atoms with E-state index in [9.17, 15) is 9.59 Å². The Morgan fingerprint density at radius 2 is 1.69 bits per heavy atom. The first-order chi connectivity index (χ1) is 15.2. The molecule has 0 aromatic heterocycles. The molecule has 2 aromatic rings. The molecule has 1 aliphatic heterocycles. The van der Waals surface area contributed by atoms with Crippen LogP contribution in [0.2, 0.25) is 0 Å². The number of urea groups is 1. The van der Waals surface area contributed by atoms with E-state index in [2.05, 4.69) is 26.1 Å². The summed E-state index contributed by atoms with van der Waals surface area (Å²) in [6.45, 7) is 9.06. The van der Waals surface area contributed by atoms with Gasteiger partial charge in [-0.05, 0) is 29.0 Å². The van der Waals surface area contributed by atoms with Crippen LogP contribution in [-0.2, 0) is 26.2 Å². The minimum Gasteiger partial charge on any atom is -0.460 e. The number of ether oxygens (including phenoxy) is 2. The zero-order valence-corrected chi connectivity index (χ0v) is 19.5. The van der Waals surface area contributed by atoms with E-state index in [1.165, 1.54) is 5.56 Å². The van der Waals surface area contributed by atoms with Crippen molar-refractivity contribution in [3.8, 4) is 0 Å². The van der Waals surface area contributed by atoms with Crippen molar-refractivity contribution < 1.29 is 19.1 Å². The van der Waals surface area contributed by atoms with Gasteiger partial charge in [0.05, 0.1) is 24.8 Å². The van der Waals surface area contributed by atoms with Gasteiger partial charge in [0.1, 0.15) is 6.61 Å². The van der Waals surface area contributed by atoms with Crippen molar-refractivity contribution in [3.05, 3.63) is 82.6 Å². The average Bonchev–Trinajstić information content (AvgIpc) is 2.76. The monoisotopic (exact) mass is 436 g/mol. The Morgan fingerprint density at radius 3 is 2.28 bits per heavy atom. The first-order valence-electron chi connectivity index (χ1n) is 10.8. The number of methoxy groups -OCH3 is 1. The molecule has 0 bridgehead atoms. The fraction of sp³-hybridized carbons (Fsp3) is 0.385. The number of hydrogen-bond acceptors (Lipinski definition) is 4. The predicted molar refractivity (Wildman–Crippen MR) is 124 cm³/mol. The molecule has 2 aromatic carbocycles. The van der Waals surface area contributed by atoms with Crippen molar-refractivity contribution in [1.82, 2.24) is 10.2 Å². The summed E-state index contributed by atoms with van der Waals surface area (Å²) in [5.74, 6) is -0.456. The second-order valence-electron chi connectivity index (χ2n) is 8.95. The fourth-order valence-electron chi connectivity index (χ4n) is 3.72. The van der Waals surface area contributed by atoms with Crippen LogP contribution in [0.25, 0.3) is 0 Å². The third-order valence-corrected chi connectivity index (χ3v) is 5.63. The molecule has 2 amide bonds. The van der Waals surface area contributed by atoms with Crippen molar-refractivity contribution in [2.24, 2.45) is 0 Å². The molecular weight excluding hydrogens is 404 g/mol. The van der Waals surface area contributed by atoms with Gasteiger partial charge >= 0.3 is 12.0 Å². The van der Waals surface area contributed by atoms with Gasteiger partial charge in [0.2, 0.25) is 0 Å². The van der Waals surface area contributed by atoms with Gasteiger partial charge in [-0.1, -0.05) is 75.4 Å². The van der Waals surface area contributed by atoms with Gasteiger partial charge in [-0.3, -0.25) is 4.90 Å². The lowest BCUT2D eigenvalue weighted by atomic mass is 9.85. The Balaban J connectivity index is 1.98. The Labute approximate surface area is 190 Å². The zero-order chi connectivity index (χ0) is 23.3. The summed E-state index contributed by atoms with van der Waals surface area (Å²) in [6, 6.07) is 16.9. The second kappa shape index (κ2) is 10.0. The van der Waals surface area contributed by atoms with Crippen LogP contribution in [0.1, 0.15) is 50.4 Å². The first-order valence-corrected chi connectivity index (χ1v) is 10.8. The number of benzene rings is 2. The molecule has 6 heteroatoms. The Bertz CT molecular complexity index is 975. The summed E-state index contributed by atoms with van der Waals surface area (Å²) in [5.41, 5.74) is 4.02. The third-order valence-electron chi connectivity index (χ3n) is 5.63. The molecule has 0 fully saturated rings. The van der Waals surface area contributed by atoms with Gasteiger partial charge in [-0.25, -0.2) is 9.59 Å². The van der Waals surface area contributed by atoms with E-state index < -0.39 is 12.0 Å². The minimum absolute atomic E-state index is 0.00843. The van der Waals surface area contributed by atoms with Crippen LogP contribution in [0, 0.1) is 0 Å². The highest BCUT2D eigenvalue weighted by molar-refractivity contribution is 5.95. The average molecular weight is 437 g/mol. The molecule has 0 saturated carbocycles. The van der Waals surface area contributed by atoms with Gasteiger partial charge in [-0.2, -0.15) is 0 Å². The summed E-state index contributed by atoms with van der Waals surface area (Å²) in [6.07, 6.45) is 0. The van der Waals surface area contributed by atoms with Crippen molar-refractivity contribution in [3.63, 3.8) is 0 Å². The van der Waals surface area contributed by atoms with Crippen LogP contribution in [0.3, 0.4) is 0 Å². The number of rotatable bonds is 7. The Kier molecular flexibility index (Phi) is 7.36. The number of esters is 1. The van der Waals surface area contributed by atoms with Crippen molar-refractivity contribution >= 4 is 12.0 Å². The molecule has 0 radical (unpaired) electrons. The Hall–Kier alpha value is -3.12. The molecule has 0 spiro atoms. The SMILES string of the molecule is COCCOC(=O)C1=C(C)N(Cc2ccccc2)C(=O)NC1c1ccc(C(C)(C)C)cc1. The molecule has 1 N–H and O–H groups in total. The summed E-state index contributed by atoms with van der Waals surface area (Å²) in [5, 5.41) is 3.01. The van der Waals surface area contributed by atoms with Crippen molar-refractivity contribution in [2.75, 3.05) is 20.3 Å². The number of nitrogens with one attached hydrogen (secondary N) is 1. The molecule has 1 aliphatic rings. The molecule has 170 valence electrons. The minimum atomic E-state index is -0.585. The van der Waals surface area contributed by atoms with E-state index in [1.54, 1.807) is 18.9 Å². The van der Waals surface area contributed by atoms with Crippen LogP contribution in [0.4, 0.5) is 4.79 Å². The summed E-state index contributed by atoms with van der Waals surface area (Å²) < 4.78 is 10.5. The molecule has 6 nitrogen and oxygen atoms in total. The number of allylic oxidation sites excluding steroid dienone is 1. The quantitative estimate of drug-likeness (QED) is 0.504. The number of carbonyl (C=O) groups is 2. The van der Waals surface area contributed by atoms with E-state index in [1.807, 2.05) is 54.6 Å². The van der Waals surface area contributed by atoms with Gasteiger partial charge in [0.15, 0.2) is 0 Å². The zero-order valence-electron chi connectivity index (χ0n) is 19.5. The predicted octanol–water partition coefficient (Wildman–Crippen LogP) is 4.71. The van der Waals surface area contributed by atoms with Crippen LogP contribution in [0.5, 0.6) is 0 Å². The largest absolute Gasteiger partial charge is 0.460 e. The van der Waals surface area contributed by atoms with E-state index in [0.29, 0.717) is 24.4 Å². The maximum absolute atomic E-state index is 13.1. The fourth-order valence-corrected chi connectivity index (χ4v) is 3.72. The van der Waals surface area contributed by atoms with Crippen LogP contribution >= 0.6 is 0 Å². The highest BCUT2D eigenvalue weighted by Gasteiger charge is 2.36. The molecule has 0 aliphatic carbocycles. The lowest BCUT2D eigenvalue weighted by Crippen LogP contribution is -2.47. The maximum Gasteiger partial charge on any atom is 0.338 e. The number of amides is 2. The van der Waals surface area contributed by atoms with E-state index >= 15 is 0 Å². The normalized spacial score (nSPS) is 16.7. The highest BCUT2D eigenvalue weighted by Crippen LogP contribution is 2.33. The second-order valence-corrected chi connectivity index (χ2v) is 8.95. The lowest BCUT2D eigenvalue weighted by Gasteiger charge is -2.35. The van der Waals surface area contributed by atoms with Crippen LogP contribution in [-0.4, -0.2) is 37.2 Å². The van der Waals surface area contributed by atoms with E-state index in [4.69, 9.17) is 9.47 Å². The van der Waals surface area contributed by atoms with Crippen molar-refractivity contribution in [2.45, 2.75) is 45.7 Å². The topological polar surface area (TPSA) is 67.9 Å². The summed E-state index contributed by atoms with van der Waals surface area (Å²) >= 11 is 0. The molecule has 1 unspecified atom stereocenters. The van der Waals surface area contributed by atoms with Gasteiger partial charge in [0, 0.05) is 12.8 Å². The molecule has 0 saturated heterocycles. The molecule has 1 atom stereocenters. The molecule has 1 heterocycles. The van der Waals surface area contributed by atoms with Gasteiger partial charge in [0.25, 0.3) is 0 Å². The summed E-state index contributed by atoms with van der Waals surface area (Å²) in [7, 11) is 1.56. The highest BCUT2D eigenvalue weighted by atomic mass is 16.6. The first kappa shape index (κ1) is 23.5. The standard InChI is InChI=1S/C26H32N2O4/c1-18-22(24(29)32-16-15-31-5)23(20-11-13-21(14-12-20)26(2,3)4)27-25(30)28(18)17-19-9-7-6-8-10-19/h6-14,23H,15-17H2,1-5H3,(H,27,30). The summed E-state index contributed by atoms with van der Waals surface area (Å²) in [4.78, 5) is 27.7. The Morgan fingerprint density at radius 1 is 1.03 bits per heavy atom. The number of hydrogen-bond donors (Lipinski definition) is 1.